The second kappa shape index (κ2) is 5.14. The molecule has 7 heteroatoms. The van der Waals surface area contributed by atoms with Crippen LogP contribution in [0.2, 0.25) is 0 Å². The molecule has 5 nitrogen and oxygen atoms in total. The quantitative estimate of drug-likeness (QED) is 0.878. The summed E-state index contributed by atoms with van der Waals surface area (Å²) in [5.74, 6) is -0.952. The van der Waals surface area contributed by atoms with Gasteiger partial charge in [0.1, 0.15) is 5.82 Å². The molecule has 2 rings (SSSR count). The molecule has 0 saturated heterocycles. The fourth-order valence-corrected chi connectivity index (χ4v) is 2.92. The molecule has 1 aromatic rings. The van der Waals surface area contributed by atoms with E-state index in [2.05, 4.69) is 5.32 Å². The Kier molecular flexibility index (Phi) is 3.84. The number of halogens is 1. The Hall–Kier alpha value is -1.47. The molecule has 0 aromatic heterocycles. The Bertz CT molecular complexity index is 654. The zero-order valence-corrected chi connectivity index (χ0v) is 12.1. The van der Waals surface area contributed by atoms with Gasteiger partial charge in [-0.25, -0.2) is 17.9 Å². The van der Waals surface area contributed by atoms with Gasteiger partial charge in [0.25, 0.3) is 5.91 Å². The van der Waals surface area contributed by atoms with Crippen LogP contribution in [0.5, 0.6) is 0 Å². The molecule has 1 aliphatic rings. The molecular weight excluding hydrogens is 283 g/mol. The number of carbonyl (C=O) groups excluding carboxylic acids is 1. The van der Waals surface area contributed by atoms with E-state index >= 15 is 0 Å². The highest BCUT2D eigenvalue weighted by atomic mass is 32.2. The number of nitrogens with one attached hydrogen (secondary N) is 1. The van der Waals surface area contributed by atoms with Gasteiger partial charge in [0, 0.05) is 6.04 Å². The lowest BCUT2D eigenvalue weighted by Gasteiger charge is -2.14. The lowest BCUT2D eigenvalue weighted by atomic mass is 10.1. The maximum absolute atomic E-state index is 13.8. The lowest BCUT2D eigenvalue weighted by molar-refractivity contribution is 0.0931. The minimum atomic E-state index is -3.99. The number of hydrogen-bond donors (Lipinski definition) is 2. The van der Waals surface area contributed by atoms with Crippen molar-refractivity contribution in [2.24, 2.45) is 11.1 Å². The van der Waals surface area contributed by atoms with Gasteiger partial charge in [-0.05, 0) is 50.3 Å². The van der Waals surface area contributed by atoms with Gasteiger partial charge in [0.05, 0.1) is 10.5 Å². The third-order valence-corrected chi connectivity index (χ3v) is 4.56. The third kappa shape index (κ3) is 3.16. The average molecular weight is 300 g/mol. The largest absolute Gasteiger partial charge is 0.349 e. The minimum absolute atomic E-state index is 0.0545. The summed E-state index contributed by atoms with van der Waals surface area (Å²) in [5, 5.41) is 7.74. The van der Waals surface area contributed by atoms with Crippen LogP contribution in [0.3, 0.4) is 0 Å². The summed E-state index contributed by atoms with van der Waals surface area (Å²) >= 11 is 0. The second-order valence-corrected chi connectivity index (χ2v) is 6.77. The van der Waals surface area contributed by atoms with E-state index in [1.807, 2.05) is 6.92 Å². The smallest absolute Gasteiger partial charge is 0.254 e. The Morgan fingerprint density at radius 1 is 1.45 bits per heavy atom. The van der Waals surface area contributed by atoms with Gasteiger partial charge >= 0.3 is 0 Å². The van der Waals surface area contributed by atoms with E-state index in [-0.39, 0.29) is 22.1 Å². The molecule has 1 aromatic carbocycles. The van der Waals surface area contributed by atoms with Crippen LogP contribution in [0.1, 0.15) is 35.7 Å². The number of aryl methyl sites for hydroxylation is 1. The summed E-state index contributed by atoms with van der Waals surface area (Å²) in [6.07, 6.45) is 2.08. The van der Waals surface area contributed by atoms with E-state index in [0.29, 0.717) is 5.92 Å². The summed E-state index contributed by atoms with van der Waals surface area (Å²) in [5.41, 5.74) is -0.121. The number of benzene rings is 1. The van der Waals surface area contributed by atoms with Crippen molar-refractivity contribution < 1.29 is 17.6 Å². The molecule has 1 amide bonds. The van der Waals surface area contributed by atoms with E-state index in [1.165, 1.54) is 6.92 Å². The van der Waals surface area contributed by atoms with Crippen molar-refractivity contribution in [2.75, 3.05) is 0 Å². The summed E-state index contributed by atoms with van der Waals surface area (Å²) in [4.78, 5) is 11.8. The van der Waals surface area contributed by atoms with Crippen LogP contribution in [0, 0.1) is 18.7 Å². The van der Waals surface area contributed by atoms with Crippen molar-refractivity contribution in [2.45, 2.75) is 37.6 Å². The molecule has 20 heavy (non-hydrogen) atoms. The van der Waals surface area contributed by atoms with Crippen LogP contribution in [-0.4, -0.2) is 20.4 Å². The van der Waals surface area contributed by atoms with Crippen molar-refractivity contribution in [3.05, 3.63) is 29.1 Å². The van der Waals surface area contributed by atoms with Gasteiger partial charge in [0.15, 0.2) is 0 Å². The van der Waals surface area contributed by atoms with E-state index in [1.54, 1.807) is 0 Å². The fraction of sp³-hybridized carbons (Fsp3) is 0.462. The number of nitrogens with two attached hydrogens (primary N) is 1. The average Bonchev–Trinajstić information content (AvgIpc) is 3.10. The highest BCUT2D eigenvalue weighted by molar-refractivity contribution is 7.89. The third-order valence-electron chi connectivity index (χ3n) is 3.50. The molecule has 0 spiro atoms. The Morgan fingerprint density at radius 2 is 2.05 bits per heavy atom. The topological polar surface area (TPSA) is 89.3 Å². The van der Waals surface area contributed by atoms with Gasteiger partial charge in [-0.1, -0.05) is 0 Å². The summed E-state index contributed by atoms with van der Waals surface area (Å²) in [7, 11) is -3.99. The monoisotopic (exact) mass is 300 g/mol. The molecule has 0 radical (unpaired) electrons. The molecular formula is C13H17FN2O3S. The van der Waals surface area contributed by atoms with Crippen molar-refractivity contribution in [1.82, 2.24) is 5.32 Å². The van der Waals surface area contributed by atoms with Gasteiger partial charge in [-0.2, -0.15) is 0 Å². The fourth-order valence-electron chi connectivity index (χ4n) is 2.13. The normalized spacial score (nSPS) is 16.8. The van der Waals surface area contributed by atoms with Crippen molar-refractivity contribution in [3.63, 3.8) is 0 Å². The van der Waals surface area contributed by atoms with Crippen molar-refractivity contribution in [3.8, 4) is 0 Å². The molecule has 0 aliphatic heterocycles. The molecule has 3 N–H and O–H groups in total. The van der Waals surface area contributed by atoms with Gasteiger partial charge < -0.3 is 5.32 Å². The Morgan fingerprint density at radius 3 is 2.55 bits per heavy atom. The zero-order chi connectivity index (χ0) is 15.1. The van der Waals surface area contributed by atoms with Crippen molar-refractivity contribution >= 4 is 15.9 Å². The minimum Gasteiger partial charge on any atom is -0.349 e. The first-order valence-electron chi connectivity index (χ1n) is 6.34. The van der Waals surface area contributed by atoms with Crippen LogP contribution in [0.25, 0.3) is 0 Å². The van der Waals surface area contributed by atoms with Gasteiger partial charge in [-0.15, -0.1) is 0 Å². The summed E-state index contributed by atoms with van der Waals surface area (Å²) in [6, 6.07) is 1.95. The molecule has 0 heterocycles. The first-order chi connectivity index (χ1) is 9.20. The number of rotatable bonds is 4. The molecule has 1 atom stereocenters. The van der Waals surface area contributed by atoms with Crippen LogP contribution in [0.15, 0.2) is 17.0 Å². The van der Waals surface area contributed by atoms with Crippen LogP contribution in [-0.2, 0) is 10.0 Å². The first kappa shape index (κ1) is 14.9. The molecule has 1 fully saturated rings. The number of carbonyl (C=O) groups is 1. The lowest BCUT2D eigenvalue weighted by Crippen LogP contribution is -2.34. The number of primary sulfonamides is 1. The standard InChI is InChI=1S/C13H17FN2O3S/c1-7-5-11(14)10(6-12(7)20(15,18)19)13(17)16-8(2)9-3-4-9/h5-6,8-9H,3-4H2,1-2H3,(H,16,17)(H2,15,18,19). The van der Waals surface area contributed by atoms with E-state index < -0.39 is 21.7 Å². The maximum Gasteiger partial charge on any atom is 0.254 e. The predicted octanol–water partition coefficient (Wildman–Crippen LogP) is 1.31. The maximum atomic E-state index is 13.8. The molecule has 1 unspecified atom stereocenters. The van der Waals surface area contributed by atoms with E-state index in [9.17, 15) is 17.6 Å². The Labute approximate surface area is 117 Å². The first-order valence-corrected chi connectivity index (χ1v) is 7.88. The van der Waals surface area contributed by atoms with Crippen LogP contribution in [0.4, 0.5) is 4.39 Å². The second-order valence-electron chi connectivity index (χ2n) is 5.24. The molecule has 0 bridgehead atoms. The Balaban J connectivity index is 2.33. The van der Waals surface area contributed by atoms with E-state index in [4.69, 9.17) is 5.14 Å². The van der Waals surface area contributed by atoms with Gasteiger partial charge in [0.2, 0.25) is 10.0 Å². The summed E-state index contributed by atoms with van der Waals surface area (Å²) in [6.45, 7) is 3.28. The number of sulfonamides is 1. The highest BCUT2D eigenvalue weighted by Gasteiger charge is 2.30. The zero-order valence-electron chi connectivity index (χ0n) is 11.3. The van der Waals surface area contributed by atoms with Gasteiger partial charge in [-0.3, -0.25) is 4.79 Å². The predicted molar refractivity (Wildman–Crippen MR) is 72.2 cm³/mol. The SMILES string of the molecule is Cc1cc(F)c(C(=O)NC(C)C2CC2)cc1S(N)(=O)=O. The highest BCUT2D eigenvalue weighted by Crippen LogP contribution is 2.32. The molecule has 110 valence electrons. The van der Waals surface area contributed by atoms with Crippen LogP contribution < -0.4 is 10.5 Å². The summed E-state index contributed by atoms with van der Waals surface area (Å²) < 4.78 is 36.6. The van der Waals surface area contributed by atoms with Crippen molar-refractivity contribution in [1.29, 1.82) is 0 Å². The molecule has 1 aliphatic carbocycles. The number of amides is 1. The van der Waals surface area contributed by atoms with Crippen LogP contribution >= 0.6 is 0 Å². The van der Waals surface area contributed by atoms with E-state index in [0.717, 1.165) is 25.0 Å². The number of hydrogen-bond acceptors (Lipinski definition) is 3. The molecule has 1 saturated carbocycles.